The molecule has 6 heteroatoms. The van der Waals surface area contributed by atoms with Crippen LogP contribution in [0.2, 0.25) is 0 Å². The fourth-order valence-corrected chi connectivity index (χ4v) is 2.02. The Hall–Kier alpha value is -1.95. The number of carbonyl (C=O) groups excluding carboxylic acids is 1. The molecule has 0 bridgehead atoms. The molecule has 1 fully saturated rings. The Morgan fingerprint density at radius 1 is 1.39 bits per heavy atom. The van der Waals surface area contributed by atoms with Gasteiger partial charge in [0.05, 0.1) is 11.7 Å². The minimum Gasteiger partial charge on any atom is -0.361 e. The molecule has 0 atom stereocenters. The monoisotopic (exact) mass is 246 g/mol. The minimum absolute atomic E-state index is 0.0894. The third-order valence-corrected chi connectivity index (χ3v) is 3.04. The summed E-state index contributed by atoms with van der Waals surface area (Å²) in [5, 5.41) is 7.65. The second-order valence-electron chi connectivity index (χ2n) is 4.34. The van der Waals surface area contributed by atoms with E-state index in [-0.39, 0.29) is 5.91 Å². The van der Waals surface area contributed by atoms with Crippen LogP contribution in [-0.4, -0.2) is 45.9 Å². The Morgan fingerprint density at radius 3 is 3.28 bits per heavy atom. The summed E-state index contributed by atoms with van der Waals surface area (Å²) in [5.74, 6) is -0.0894. The number of fused-ring (bicyclic) bond motifs is 1. The van der Waals surface area contributed by atoms with Crippen molar-refractivity contribution in [3.8, 4) is 0 Å². The maximum Gasteiger partial charge on any atom is 0.274 e. The number of aromatic nitrogens is 3. The summed E-state index contributed by atoms with van der Waals surface area (Å²) in [4.78, 5) is 18.1. The van der Waals surface area contributed by atoms with Gasteiger partial charge in [-0.15, -0.1) is 0 Å². The predicted molar refractivity (Wildman–Crippen MR) is 65.0 cm³/mol. The van der Waals surface area contributed by atoms with Gasteiger partial charge in [-0.25, -0.2) is 0 Å². The quantitative estimate of drug-likeness (QED) is 0.819. The fraction of sp³-hybridized carbons (Fsp3) is 0.417. The number of pyridine rings is 1. The molecule has 0 radical (unpaired) electrons. The van der Waals surface area contributed by atoms with Crippen LogP contribution in [0, 0.1) is 0 Å². The maximum atomic E-state index is 12.3. The first-order chi connectivity index (χ1) is 8.84. The van der Waals surface area contributed by atoms with E-state index >= 15 is 0 Å². The molecule has 94 valence electrons. The fourth-order valence-electron chi connectivity index (χ4n) is 2.02. The number of nitrogens with one attached hydrogen (secondary N) is 1. The van der Waals surface area contributed by atoms with E-state index in [9.17, 15) is 4.79 Å². The van der Waals surface area contributed by atoms with E-state index in [4.69, 9.17) is 4.74 Å². The van der Waals surface area contributed by atoms with Crippen LogP contribution in [-0.2, 0) is 4.74 Å². The first kappa shape index (κ1) is 11.2. The number of aromatic amines is 1. The van der Waals surface area contributed by atoms with Gasteiger partial charge in [0.1, 0.15) is 12.4 Å². The van der Waals surface area contributed by atoms with E-state index in [2.05, 4.69) is 15.2 Å². The number of carbonyl (C=O) groups is 1. The van der Waals surface area contributed by atoms with Crippen molar-refractivity contribution in [2.75, 3.05) is 19.9 Å². The summed E-state index contributed by atoms with van der Waals surface area (Å²) >= 11 is 0. The molecule has 0 aliphatic carbocycles. The molecule has 3 heterocycles. The summed E-state index contributed by atoms with van der Waals surface area (Å²) in [6.07, 6.45) is 5.31. The Labute approximate surface area is 104 Å². The Morgan fingerprint density at radius 2 is 2.33 bits per heavy atom. The molecule has 3 rings (SSSR count). The molecule has 0 spiro atoms. The van der Waals surface area contributed by atoms with E-state index < -0.39 is 0 Å². The van der Waals surface area contributed by atoms with Crippen molar-refractivity contribution < 1.29 is 9.53 Å². The Bertz CT molecular complexity index is 558. The molecule has 18 heavy (non-hydrogen) atoms. The average molecular weight is 246 g/mol. The van der Waals surface area contributed by atoms with Crippen LogP contribution in [0.4, 0.5) is 0 Å². The summed E-state index contributed by atoms with van der Waals surface area (Å²) < 4.78 is 5.38. The molecule has 2 aromatic rings. The lowest BCUT2D eigenvalue weighted by Crippen LogP contribution is -2.33. The molecule has 2 aromatic heterocycles. The molecule has 0 aromatic carbocycles. The number of nitrogens with zero attached hydrogens (tertiary/aromatic N) is 3. The first-order valence-corrected chi connectivity index (χ1v) is 6.01. The molecule has 0 saturated carbocycles. The molecule has 1 aliphatic rings. The van der Waals surface area contributed by atoms with Crippen LogP contribution in [0.5, 0.6) is 0 Å². The summed E-state index contributed by atoms with van der Waals surface area (Å²) in [7, 11) is 0. The van der Waals surface area contributed by atoms with Crippen molar-refractivity contribution in [1.82, 2.24) is 20.1 Å². The molecule has 1 N–H and O–H groups in total. The third kappa shape index (κ3) is 2.06. The van der Waals surface area contributed by atoms with E-state index in [0.29, 0.717) is 12.4 Å². The number of rotatable bonds is 1. The van der Waals surface area contributed by atoms with Crippen LogP contribution in [0.3, 0.4) is 0 Å². The highest BCUT2D eigenvalue weighted by molar-refractivity contribution is 5.95. The van der Waals surface area contributed by atoms with Crippen LogP contribution in [0.25, 0.3) is 10.9 Å². The van der Waals surface area contributed by atoms with Crippen LogP contribution in [0.1, 0.15) is 23.3 Å². The second kappa shape index (κ2) is 4.73. The van der Waals surface area contributed by atoms with Crippen molar-refractivity contribution in [2.45, 2.75) is 12.8 Å². The van der Waals surface area contributed by atoms with Crippen molar-refractivity contribution >= 4 is 16.8 Å². The molecular weight excluding hydrogens is 232 g/mol. The molecule has 1 saturated heterocycles. The average Bonchev–Trinajstić information content (AvgIpc) is 2.69. The number of hydrogen-bond acceptors (Lipinski definition) is 4. The minimum atomic E-state index is -0.0894. The van der Waals surface area contributed by atoms with Crippen LogP contribution in [0.15, 0.2) is 18.5 Å². The van der Waals surface area contributed by atoms with Gasteiger partial charge in [0.25, 0.3) is 5.91 Å². The lowest BCUT2D eigenvalue weighted by molar-refractivity contribution is 0.0364. The Balaban J connectivity index is 1.85. The van der Waals surface area contributed by atoms with Gasteiger partial charge in [0.15, 0.2) is 0 Å². The van der Waals surface area contributed by atoms with Gasteiger partial charge in [0, 0.05) is 24.7 Å². The highest BCUT2D eigenvalue weighted by Gasteiger charge is 2.19. The summed E-state index contributed by atoms with van der Waals surface area (Å²) in [6.45, 7) is 1.79. The van der Waals surface area contributed by atoms with E-state index in [0.717, 1.165) is 36.9 Å². The first-order valence-electron chi connectivity index (χ1n) is 6.01. The predicted octanol–water partition coefficient (Wildman–Crippen LogP) is 1.17. The zero-order valence-electron chi connectivity index (χ0n) is 9.93. The van der Waals surface area contributed by atoms with Gasteiger partial charge < -0.3 is 9.64 Å². The molecular formula is C12H14N4O2. The number of ether oxygens (including phenoxy) is 1. The maximum absolute atomic E-state index is 12.3. The van der Waals surface area contributed by atoms with Crippen LogP contribution >= 0.6 is 0 Å². The molecule has 0 unspecified atom stereocenters. The highest BCUT2D eigenvalue weighted by atomic mass is 16.5. The van der Waals surface area contributed by atoms with Crippen molar-refractivity contribution in [3.63, 3.8) is 0 Å². The van der Waals surface area contributed by atoms with Crippen molar-refractivity contribution in [2.24, 2.45) is 0 Å². The van der Waals surface area contributed by atoms with Gasteiger partial charge >= 0.3 is 0 Å². The molecule has 1 aliphatic heterocycles. The van der Waals surface area contributed by atoms with Gasteiger partial charge in [-0.3, -0.25) is 14.9 Å². The number of amides is 1. The smallest absolute Gasteiger partial charge is 0.274 e. The van der Waals surface area contributed by atoms with Gasteiger partial charge in [-0.05, 0) is 18.9 Å². The van der Waals surface area contributed by atoms with E-state index in [1.165, 1.54) is 0 Å². The third-order valence-electron chi connectivity index (χ3n) is 3.04. The second-order valence-corrected chi connectivity index (χ2v) is 4.34. The SMILES string of the molecule is O=C(c1cc2[nH]ncc2cn1)N1CCCCOC1. The number of hydrogen-bond donors (Lipinski definition) is 1. The Kier molecular flexibility index (Phi) is 2.93. The normalized spacial score (nSPS) is 16.8. The summed E-state index contributed by atoms with van der Waals surface area (Å²) in [5.41, 5.74) is 1.25. The van der Waals surface area contributed by atoms with Gasteiger partial charge in [-0.2, -0.15) is 5.10 Å². The lowest BCUT2D eigenvalue weighted by Gasteiger charge is -2.18. The largest absolute Gasteiger partial charge is 0.361 e. The summed E-state index contributed by atoms with van der Waals surface area (Å²) in [6, 6.07) is 1.73. The molecule has 1 amide bonds. The van der Waals surface area contributed by atoms with Crippen molar-refractivity contribution in [1.29, 1.82) is 0 Å². The standard InChI is InChI=1S/C12H14N4O2/c17-12(16-3-1-2-4-18-8-16)11-5-10-9(6-13-11)7-14-15-10/h5-7H,1-4,8H2,(H,14,15). The molecule has 6 nitrogen and oxygen atoms in total. The van der Waals surface area contributed by atoms with Gasteiger partial charge in [0.2, 0.25) is 0 Å². The van der Waals surface area contributed by atoms with Crippen molar-refractivity contribution in [3.05, 3.63) is 24.2 Å². The van der Waals surface area contributed by atoms with Gasteiger partial charge in [-0.1, -0.05) is 0 Å². The zero-order chi connectivity index (χ0) is 12.4. The van der Waals surface area contributed by atoms with E-state index in [1.54, 1.807) is 23.4 Å². The lowest BCUT2D eigenvalue weighted by atomic mass is 10.2. The van der Waals surface area contributed by atoms with Crippen LogP contribution < -0.4 is 0 Å². The zero-order valence-corrected chi connectivity index (χ0v) is 9.93. The highest BCUT2D eigenvalue weighted by Crippen LogP contribution is 2.13. The topological polar surface area (TPSA) is 71.1 Å². The van der Waals surface area contributed by atoms with E-state index in [1.807, 2.05) is 0 Å². The number of H-pyrrole nitrogens is 1.